The Kier molecular flexibility index (Phi) is 4.32. The monoisotopic (exact) mass is 239 g/mol. The molecule has 1 aliphatic rings. The number of aromatic nitrogens is 1. The van der Waals surface area contributed by atoms with Crippen LogP contribution in [0.3, 0.4) is 0 Å². The molecule has 2 rings (SSSR count). The largest absolute Gasteiger partial charge is 0.316 e. The molecule has 0 aromatic carbocycles. The van der Waals surface area contributed by atoms with Crippen LogP contribution in [0.4, 0.5) is 0 Å². The Morgan fingerprint density at radius 1 is 1.62 bits per heavy atom. The molecule has 0 saturated carbocycles. The molecule has 3 atom stereocenters. The highest BCUT2D eigenvalue weighted by molar-refractivity contribution is 7.09. The topological polar surface area (TPSA) is 37.0 Å². The van der Waals surface area contributed by atoms with Gasteiger partial charge in [-0.25, -0.2) is 4.98 Å². The first-order chi connectivity index (χ1) is 7.81. The standard InChI is InChI=1S/C12H21N3S/c1-3-11(12-14-4-5-16-12)15-8-10-7-13-6-9(10)2/h4-5,9-11,13,15H,3,6-8H2,1-2H3/t9-,10+,11?/m1/s1. The SMILES string of the molecule is CCC(NC[C@@H]1CNC[C@H]1C)c1nccs1. The van der Waals surface area contributed by atoms with Crippen molar-refractivity contribution in [2.45, 2.75) is 26.3 Å². The molecular weight excluding hydrogens is 218 g/mol. The Labute approximate surface area is 102 Å². The van der Waals surface area contributed by atoms with E-state index in [-0.39, 0.29) is 0 Å². The Bertz CT molecular complexity index is 299. The Morgan fingerprint density at radius 3 is 3.06 bits per heavy atom. The number of thiazole rings is 1. The van der Waals surface area contributed by atoms with Gasteiger partial charge in [0.2, 0.25) is 0 Å². The molecule has 3 nitrogen and oxygen atoms in total. The quantitative estimate of drug-likeness (QED) is 0.825. The van der Waals surface area contributed by atoms with Crippen LogP contribution in [-0.2, 0) is 0 Å². The average Bonchev–Trinajstić information content (AvgIpc) is 2.92. The number of hydrogen-bond acceptors (Lipinski definition) is 4. The van der Waals surface area contributed by atoms with Crippen molar-refractivity contribution in [1.82, 2.24) is 15.6 Å². The van der Waals surface area contributed by atoms with Crippen LogP contribution >= 0.6 is 11.3 Å². The lowest BCUT2D eigenvalue weighted by atomic mass is 9.98. The third-order valence-electron chi connectivity index (χ3n) is 3.46. The highest BCUT2D eigenvalue weighted by atomic mass is 32.1. The van der Waals surface area contributed by atoms with Gasteiger partial charge in [-0.2, -0.15) is 0 Å². The molecule has 1 aromatic heterocycles. The van der Waals surface area contributed by atoms with Crippen LogP contribution in [0.25, 0.3) is 0 Å². The van der Waals surface area contributed by atoms with Crippen LogP contribution in [0.15, 0.2) is 11.6 Å². The zero-order valence-electron chi connectivity index (χ0n) is 10.1. The molecule has 1 aromatic rings. The Morgan fingerprint density at radius 2 is 2.50 bits per heavy atom. The lowest BCUT2D eigenvalue weighted by molar-refractivity contribution is 0.386. The fourth-order valence-electron chi connectivity index (χ4n) is 2.24. The maximum atomic E-state index is 4.39. The van der Waals surface area contributed by atoms with Gasteiger partial charge in [0.15, 0.2) is 0 Å². The van der Waals surface area contributed by atoms with Crippen molar-refractivity contribution in [2.24, 2.45) is 11.8 Å². The summed E-state index contributed by atoms with van der Waals surface area (Å²) in [6.45, 7) is 7.97. The summed E-state index contributed by atoms with van der Waals surface area (Å²) in [5.41, 5.74) is 0. The van der Waals surface area contributed by atoms with E-state index in [9.17, 15) is 0 Å². The summed E-state index contributed by atoms with van der Waals surface area (Å²) >= 11 is 1.75. The van der Waals surface area contributed by atoms with Crippen LogP contribution < -0.4 is 10.6 Å². The smallest absolute Gasteiger partial charge is 0.109 e. The van der Waals surface area contributed by atoms with Gasteiger partial charge < -0.3 is 10.6 Å². The van der Waals surface area contributed by atoms with Crippen molar-refractivity contribution in [3.05, 3.63) is 16.6 Å². The van der Waals surface area contributed by atoms with E-state index in [4.69, 9.17) is 0 Å². The van der Waals surface area contributed by atoms with Crippen LogP contribution in [-0.4, -0.2) is 24.6 Å². The van der Waals surface area contributed by atoms with Crippen molar-refractivity contribution in [1.29, 1.82) is 0 Å². The molecule has 1 fully saturated rings. The van der Waals surface area contributed by atoms with E-state index < -0.39 is 0 Å². The zero-order valence-corrected chi connectivity index (χ0v) is 10.9. The first kappa shape index (κ1) is 12.0. The van der Waals surface area contributed by atoms with Gasteiger partial charge in [-0.3, -0.25) is 0 Å². The Balaban J connectivity index is 1.83. The first-order valence-electron chi connectivity index (χ1n) is 6.14. The number of nitrogens with one attached hydrogen (secondary N) is 2. The summed E-state index contributed by atoms with van der Waals surface area (Å²) in [4.78, 5) is 4.39. The molecule has 2 heterocycles. The summed E-state index contributed by atoms with van der Waals surface area (Å²) in [5.74, 6) is 1.57. The third-order valence-corrected chi connectivity index (χ3v) is 4.35. The van der Waals surface area contributed by atoms with Crippen molar-refractivity contribution >= 4 is 11.3 Å². The lowest BCUT2D eigenvalue weighted by Gasteiger charge is -2.19. The lowest BCUT2D eigenvalue weighted by Crippen LogP contribution is -2.30. The van der Waals surface area contributed by atoms with Gasteiger partial charge in [0.05, 0.1) is 6.04 Å². The van der Waals surface area contributed by atoms with E-state index in [0.29, 0.717) is 6.04 Å². The van der Waals surface area contributed by atoms with E-state index in [0.717, 1.165) is 31.3 Å². The van der Waals surface area contributed by atoms with Crippen molar-refractivity contribution in [3.63, 3.8) is 0 Å². The van der Waals surface area contributed by atoms with E-state index in [2.05, 4.69) is 34.8 Å². The molecule has 0 spiro atoms. The summed E-state index contributed by atoms with van der Waals surface area (Å²) in [5, 5.41) is 10.4. The van der Waals surface area contributed by atoms with Gasteiger partial charge in [0.1, 0.15) is 5.01 Å². The second-order valence-electron chi connectivity index (χ2n) is 4.64. The van der Waals surface area contributed by atoms with E-state index in [1.165, 1.54) is 11.6 Å². The molecule has 1 aliphatic heterocycles. The van der Waals surface area contributed by atoms with Crippen LogP contribution in [0.5, 0.6) is 0 Å². The van der Waals surface area contributed by atoms with Crippen molar-refractivity contribution < 1.29 is 0 Å². The van der Waals surface area contributed by atoms with Gasteiger partial charge in [-0.05, 0) is 31.3 Å². The summed E-state index contributed by atoms with van der Waals surface area (Å²) < 4.78 is 0. The molecular formula is C12H21N3S. The van der Waals surface area contributed by atoms with Crippen molar-refractivity contribution in [2.75, 3.05) is 19.6 Å². The minimum Gasteiger partial charge on any atom is -0.316 e. The molecule has 0 aliphatic carbocycles. The maximum absolute atomic E-state index is 4.39. The predicted molar refractivity (Wildman–Crippen MR) is 68.7 cm³/mol. The molecule has 0 amide bonds. The fourth-order valence-corrected chi connectivity index (χ4v) is 3.04. The van der Waals surface area contributed by atoms with Gasteiger partial charge in [-0.15, -0.1) is 11.3 Å². The molecule has 0 bridgehead atoms. The molecule has 0 radical (unpaired) electrons. The van der Waals surface area contributed by atoms with Gasteiger partial charge >= 0.3 is 0 Å². The normalized spacial score (nSPS) is 27.1. The van der Waals surface area contributed by atoms with E-state index in [1.807, 2.05) is 6.20 Å². The highest BCUT2D eigenvalue weighted by Gasteiger charge is 2.23. The average molecular weight is 239 g/mol. The van der Waals surface area contributed by atoms with E-state index in [1.54, 1.807) is 11.3 Å². The molecule has 1 unspecified atom stereocenters. The Hall–Kier alpha value is -0.450. The first-order valence-corrected chi connectivity index (χ1v) is 7.02. The summed E-state index contributed by atoms with van der Waals surface area (Å²) in [6.07, 6.45) is 3.01. The fraction of sp³-hybridized carbons (Fsp3) is 0.750. The summed E-state index contributed by atoms with van der Waals surface area (Å²) in [6, 6.07) is 0.438. The minimum absolute atomic E-state index is 0.438. The predicted octanol–water partition coefficient (Wildman–Crippen LogP) is 2.04. The number of nitrogens with zero attached hydrogens (tertiary/aromatic N) is 1. The van der Waals surface area contributed by atoms with Gasteiger partial charge in [0, 0.05) is 18.1 Å². The molecule has 1 saturated heterocycles. The molecule has 16 heavy (non-hydrogen) atoms. The third kappa shape index (κ3) is 2.81. The van der Waals surface area contributed by atoms with Crippen LogP contribution in [0, 0.1) is 11.8 Å². The molecule has 4 heteroatoms. The molecule has 90 valence electrons. The second-order valence-corrected chi connectivity index (χ2v) is 5.56. The molecule has 2 N–H and O–H groups in total. The second kappa shape index (κ2) is 5.75. The number of hydrogen-bond donors (Lipinski definition) is 2. The van der Waals surface area contributed by atoms with Crippen LogP contribution in [0.2, 0.25) is 0 Å². The summed E-state index contributed by atoms with van der Waals surface area (Å²) in [7, 11) is 0. The minimum atomic E-state index is 0.438. The maximum Gasteiger partial charge on any atom is 0.109 e. The van der Waals surface area contributed by atoms with Crippen molar-refractivity contribution in [3.8, 4) is 0 Å². The van der Waals surface area contributed by atoms with Gasteiger partial charge in [0.25, 0.3) is 0 Å². The zero-order chi connectivity index (χ0) is 11.4. The highest BCUT2D eigenvalue weighted by Crippen LogP contribution is 2.21. The van der Waals surface area contributed by atoms with Crippen LogP contribution in [0.1, 0.15) is 31.3 Å². The number of rotatable bonds is 5. The van der Waals surface area contributed by atoms with Gasteiger partial charge in [-0.1, -0.05) is 13.8 Å². The van der Waals surface area contributed by atoms with E-state index >= 15 is 0 Å².